The fourth-order valence-electron chi connectivity index (χ4n) is 4.21. The molecule has 28 heavy (non-hydrogen) atoms. The van der Waals surface area contributed by atoms with Gasteiger partial charge in [-0.3, -0.25) is 9.48 Å². The zero-order valence-corrected chi connectivity index (χ0v) is 16.3. The van der Waals surface area contributed by atoms with Crippen molar-refractivity contribution in [1.29, 1.82) is 0 Å². The molecular weight excluding hydrogens is 380 g/mol. The number of carbonyl (C=O) groups is 1. The van der Waals surface area contributed by atoms with E-state index in [4.69, 9.17) is 4.74 Å². The number of amides is 1. The Morgan fingerprint density at radius 3 is 2.89 bits per heavy atom. The van der Waals surface area contributed by atoms with Crippen molar-refractivity contribution in [2.75, 3.05) is 31.1 Å². The van der Waals surface area contributed by atoms with Crippen molar-refractivity contribution in [3.8, 4) is 5.75 Å². The average molecular weight is 402 g/mol. The van der Waals surface area contributed by atoms with Gasteiger partial charge < -0.3 is 9.64 Å². The molecule has 1 atom stereocenters. The Morgan fingerprint density at radius 2 is 2.07 bits per heavy atom. The van der Waals surface area contributed by atoms with Crippen LogP contribution >= 0.6 is 0 Å². The molecule has 0 N–H and O–H groups in total. The lowest BCUT2D eigenvalue weighted by atomic mass is 10.2. The summed E-state index contributed by atoms with van der Waals surface area (Å²) in [5.74, 6) is 0.898. The third-order valence-corrected chi connectivity index (χ3v) is 7.63. The number of carbonyl (C=O) groups excluding carboxylic acids is 1. The largest absolute Gasteiger partial charge is 0.493 e. The number of rotatable bonds is 4. The van der Waals surface area contributed by atoms with Crippen molar-refractivity contribution in [3.63, 3.8) is 0 Å². The Kier molecular flexibility index (Phi) is 4.17. The zero-order valence-electron chi connectivity index (χ0n) is 15.5. The van der Waals surface area contributed by atoms with Crippen LogP contribution in [0, 0.1) is 0 Å². The highest BCUT2D eigenvalue weighted by Gasteiger charge is 2.35. The number of fused-ring (bicyclic) bond motifs is 1. The van der Waals surface area contributed by atoms with E-state index in [0.29, 0.717) is 37.4 Å². The van der Waals surface area contributed by atoms with Gasteiger partial charge in [0.1, 0.15) is 5.75 Å². The first-order valence-corrected chi connectivity index (χ1v) is 11.1. The highest BCUT2D eigenvalue weighted by Crippen LogP contribution is 2.32. The van der Waals surface area contributed by atoms with Crippen LogP contribution in [0.1, 0.15) is 30.9 Å². The molecule has 3 aliphatic heterocycles. The van der Waals surface area contributed by atoms with Crippen LogP contribution in [0.3, 0.4) is 0 Å². The van der Waals surface area contributed by atoms with E-state index in [9.17, 15) is 13.2 Å². The number of benzene rings is 1. The van der Waals surface area contributed by atoms with Gasteiger partial charge in [0.25, 0.3) is 0 Å². The smallest absolute Gasteiger partial charge is 0.243 e. The van der Waals surface area contributed by atoms with E-state index in [-0.39, 0.29) is 11.9 Å². The quantitative estimate of drug-likeness (QED) is 0.775. The predicted octanol–water partition coefficient (Wildman–Crippen LogP) is 1.58. The molecule has 1 aromatic heterocycles. The Morgan fingerprint density at radius 1 is 1.18 bits per heavy atom. The van der Waals surface area contributed by atoms with Crippen LogP contribution in [0.2, 0.25) is 0 Å². The van der Waals surface area contributed by atoms with Crippen LogP contribution in [-0.2, 0) is 21.2 Å². The number of aromatic nitrogens is 2. The van der Waals surface area contributed by atoms with E-state index in [1.165, 1.54) is 4.31 Å². The molecule has 3 aliphatic rings. The SMILES string of the molecule is O=C1CCCN1c1cnn(C2CCN(S(=O)(=O)c3ccc4c(c3)CCO4)C2)c1. The van der Waals surface area contributed by atoms with Gasteiger partial charge in [0.2, 0.25) is 15.9 Å². The second kappa shape index (κ2) is 6.59. The van der Waals surface area contributed by atoms with Crippen molar-refractivity contribution >= 4 is 21.6 Å². The summed E-state index contributed by atoms with van der Waals surface area (Å²) in [5.41, 5.74) is 1.74. The Hall–Kier alpha value is -2.39. The summed E-state index contributed by atoms with van der Waals surface area (Å²) >= 11 is 0. The summed E-state index contributed by atoms with van der Waals surface area (Å²) in [6.45, 7) is 2.16. The molecular formula is C19H22N4O4S. The third-order valence-electron chi connectivity index (χ3n) is 5.77. The first-order valence-electron chi connectivity index (χ1n) is 9.63. The number of anilines is 1. The lowest BCUT2D eigenvalue weighted by Gasteiger charge is -2.17. The number of hydrogen-bond acceptors (Lipinski definition) is 5. The monoisotopic (exact) mass is 402 g/mol. The first-order chi connectivity index (χ1) is 13.5. The Bertz CT molecular complexity index is 1030. The summed E-state index contributed by atoms with van der Waals surface area (Å²) in [6.07, 6.45) is 6.43. The number of nitrogens with zero attached hydrogens (tertiary/aromatic N) is 4. The topological polar surface area (TPSA) is 84.7 Å². The van der Waals surface area contributed by atoms with E-state index in [1.807, 2.05) is 6.20 Å². The minimum absolute atomic E-state index is 0.0287. The highest BCUT2D eigenvalue weighted by molar-refractivity contribution is 7.89. The molecule has 1 unspecified atom stereocenters. The molecule has 9 heteroatoms. The van der Waals surface area contributed by atoms with Crippen molar-refractivity contribution in [2.45, 2.75) is 36.6 Å². The van der Waals surface area contributed by atoms with Crippen molar-refractivity contribution in [2.24, 2.45) is 0 Å². The summed E-state index contributed by atoms with van der Waals surface area (Å²) in [4.78, 5) is 14.0. The molecule has 5 rings (SSSR count). The molecule has 148 valence electrons. The van der Waals surface area contributed by atoms with Gasteiger partial charge in [-0.25, -0.2) is 8.42 Å². The minimum Gasteiger partial charge on any atom is -0.493 e. The molecule has 2 fully saturated rings. The summed E-state index contributed by atoms with van der Waals surface area (Å²) in [6, 6.07) is 5.07. The van der Waals surface area contributed by atoms with Crippen LogP contribution in [0.5, 0.6) is 5.75 Å². The maximum atomic E-state index is 13.1. The minimum atomic E-state index is -3.55. The van der Waals surface area contributed by atoms with Gasteiger partial charge in [0.15, 0.2) is 0 Å². The molecule has 0 spiro atoms. The molecule has 8 nitrogen and oxygen atoms in total. The molecule has 2 saturated heterocycles. The van der Waals surface area contributed by atoms with Crippen LogP contribution in [-0.4, -0.2) is 54.7 Å². The van der Waals surface area contributed by atoms with E-state index in [2.05, 4.69) is 5.10 Å². The summed E-state index contributed by atoms with van der Waals surface area (Å²) in [5, 5.41) is 4.40. The predicted molar refractivity (Wildman–Crippen MR) is 102 cm³/mol. The normalized spacial score (nSPS) is 22.6. The standard InChI is InChI=1S/C19H22N4O4S/c24-19-2-1-7-22(19)16-11-20-23(13-16)15-5-8-21(12-15)28(25,26)17-3-4-18-14(10-17)6-9-27-18/h3-4,10-11,13,15H,1-2,5-9,12H2. The average Bonchev–Trinajstić information content (AvgIpc) is 3.45. The fourth-order valence-corrected chi connectivity index (χ4v) is 5.75. The third kappa shape index (κ3) is 2.89. The van der Waals surface area contributed by atoms with E-state index in [1.54, 1.807) is 34.0 Å². The van der Waals surface area contributed by atoms with Gasteiger partial charge in [-0.1, -0.05) is 0 Å². The molecule has 1 aromatic carbocycles. The van der Waals surface area contributed by atoms with Crippen LogP contribution < -0.4 is 9.64 Å². The lowest BCUT2D eigenvalue weighted by molar-refractivity contribution is -0.117. The van der Waals surface area contributed by atoms with Gasteiger partial charge in [0, 0.05) is 38.7 Å². The van der Waals surface area contributed by atoms with Gasteiger partial charge in [-0.05, 0) is 36.6 Å². The molecule has 1 amide bonds. The number of ether oxygens (including phenoxy) is 1. The highest BCUT2D eigenvalue weighted by atomic mass is 32.2. The molecule has 0 bridgehead atoms. The molecule has 0 aliphatic carbocycles. The van der Waals surface area contributed by atoms with Crippen LogP contribution in [0.15, 0.2) is 35.5 Å². The number of sulfonamides is 1. The molecule has 0 radical (unpaired) electrons. The van der Waals surface area contributed by atoms with Gasteiger partial charge >= 0.3 is 0 Å². The maximum absolute atomic E-state index is 13.1. The first kappa shape index (κ1) is 17.7. The Balaban J connectivity index is 1.33. The van der Waals surface area contributed by atoms with Crippen LogP contribution in [0.25, 0.3) is 0 Å². The number of hydrogen-bond donors (Lipinski definition) is 0. The second-order valence-corrected chi connectivity index (χ2v) is 9.44. The zero-order chi connectivity index (χ0) is 19.3. The molecule has 2 aromatic rings. The van der Waals surface area contributed by atoms with Crippen LogP contribution in [0.4, 0.5) is 5.69 Å². The van der Waals surface area contributed by atoms with E-state index in [0.717, 1.165) is 36.4 Å². The lowest BCUT2D eigenvalue weighted by Crippen LogP contribution is -2.29. The van der Waals surface area contributed by atoms with Crippen molar-refractivity contribution in [1.82, 2.24) is 14.1 Å². The van der Waals surface area contributed by atoms with E-state index >= 15 is 0 Å². The molecule has 4 heterocycles. The van der Waals surface area contributed by atoms with Gasteiger partial charge in [-0.2, -0.15) is 9.40 Å². The summed E-state index contributed by atoms with van der Waals surface area (Å²) < 4.78 is 34.9. The van der Waals surface area contributed by atoms with Crippen molar-refractivity contribution in [3.05, 3.63) is 36.2 Å². The van der Waals surface area contributed by atoms with Gasteiger partial charge in [0.05, 0.1) is 29.4 Å². The maximum Gasteiger partial charge on any atom is 0.243 e. The Labute approximate surface area is 163 Å². The fraction of sp³-hybridized carbons (Fsp3) is 0.474. The molecule has 0 saturated carbocycles. The summed E-state index contributed by atoms with van der Waals surface area (Å²) in [7, 11) is -3.55. The van der Waals surface area contributed by atoms with Crippen molar-refractivity contribution < 1.29 is 17.9 Å². The van der Waals surface area contributed by atoms with Gasteiger partial charge in [-0.15, -0.1) is 0 Å². The second-order valence-electron chi connectivity index (χ2n) is 7.50. The van der Waals surface area contributed by atoms with E-state index < -0.39 is 10.0 Å².